The second-order valence-electron chi connectivity index (χ2n) is 15.2. The van der Waals surface area contributed by atoms with Gasteiger partial charge < -0.3 is 29.2 Å². The highest BCUT2D eigenvalue weighted by Gasteiger charge is 2.34. The maximum Gasteiger partial charge on any atom is 0.425 e. The quantitative estimate of drug-likeness (QED) is 0.131. The Morgan fingerprint density at radius 1 is 0.754 bits per heavy atom. The summed E-state index contributed by atoms with van der Waals surface area (Å²) in [6.45, 7) is 8.35. The summed E-state index contributed by atoms with van der Waals surface area (Å²) < 4.78 is 22.7. The molecule has 0 atom stereocenters. The molecule has 57 heavy (non-hydrogen) atoms. The Balaban J connectivity index is 1.26. The normalized spacial score (nSPS) is 12.1. The van der Waals surface area contributed by atoms with Crippen molar-refractivity contribution in [2.75, 3.05) is 31.1 Å². The van der Waals surface area contributed by atoms with Crippen LogP contribution in [0.4, 0.5) is 20.2 Å². The van der Waals surface area contributed by atoms with Crippen molar-refractivity contribution in [3.8, 4) is 11.1 Å². The van der Waals surface area contributed by atoms with Crippen LogP contribution in [-0.2, 0) is 41.7 Å². The number of rotatable bonds is 12. The van der Waals surface area contributed by atoms with Crippen LogP contribution in [0.1, 0.15) is 64.2 Å². The van der Waals surface area contributed by atoms with E-state index in [1.807, 2.05) is 54.6 Å². The Labute approximate surface area is 330 Å². The van der Waals surface area contributed by atoms with E-state index in [4.69, 9.17) is 18.9 Å². The number of benzene rings is 3. The van der Waals surface area contributed by atoms with Crippen molar-refractivity contribution in [2.24, 2.45) is 0 Å². The fourth-order valence-corrected chi connectivity index (χ4v) is 5.96. The van der Waals surface area contributed by atoms with Crippen molar-refractivity contribution in [2.45, 2.75) is 71.8 Å². The maximum atomic E-state index is 13.7. The lowest BCUT2D eigenvalue weighted by molar-refractivity contribution is -0.150. The van der Waals surface area contributed by atoms with E-state index in [-0.39, 0.29) is 38.0 Å². The highest BCUT2D eigenvalue weighted by Crippen LogP contribution is 2.44. The summed E-state index contributed by atoms with van der Waals surface area (Å²) in [7, 11) is 0. The van der Waals surface area contributed by atoms with Crippen molar-refractivity contribution >= 4 is 36.0 Å². The Morgan fingerprint density at radius 2 is 1.32 bits per heavy atom. The van der Waals surface area contributed by atoms with E-state index < -0.39 is 60.1 Å². The largest absolute Gasteiger partial charge is 0.459 e. The zero-order valence-corrected chi connectivity index (χ0v) is 32.9. The molecule has 0 bridgehead atoms. The summed E-state index contributed by atoms with van der Waals surface area (Å²) in [5.74, 6) is -1.95. The van der Waals surface area contributed by atoms with Gasteiger partial charge in [-0.15, -0.1) is 0 Å². The minimum Gasteiger partial charge on any atom is -0.459 e. The number of imide groups is 1. The summed E-state index contributed by atoms with van der Waals surface area (Å²) in [6.07, 6.45) is -1.79. The summed E-state index contributed by atoms with van der Waals surface area (Å²) >= 11 is 0. The second-order valence-corrected chi connectivity index (χ2v) is 15.2. The van der Waals surface area contributed by atoms with Crippen molar-refractivity contribution in [1.82, 2.24) is 19.8 Å². The van der Waals surface area contributed by atoms with E-state index in [1.165, 1.54) is 12.3 Å². The first-order valence-corrected chi connectivity index (χ1v) is 18.4. The predicted molar refractivity (Wildman–Crippen MR) is 209 cm³/mol. The van der Waals surface area contributed by atoms with Gasteiger partial charge >= 0.3 is 29.9 Å². The van der Waals surface area contributed by atoms with Crippen molar-refractivity contribution in [3.05, 3.63) is 118 Å². The highest BCUT2D eigenvalue weighted by atomic mass is 16.6. The summed E-state index contributed by atoms with van der Waals surface area (Å²) in [5, 5.41) is 2.64. The van der Waals surface area contributed by atoms with Crippen LogP contribution in [0.25, 0.3) is 11.1 Å². The van der Waals surface area contributed by atoms with E-state index >= 15 is 0 Å². The lowest BCUT2D eigenvalue weighted by Gasteiger charge is -2.28. The van der Waals surface area contributed by atoms with Crippen LogP contribution in [0.3, 0.4) is 0 Å². The molecule has 1 aliphatic rings. The summed E-state index contributed by atoms with van der Waals surface area (Å²) in [6, 6.07) is 26.1. The SMILES string of the molecule is CC(C)(C)OC(=O)N(C(=O)OC(C)(C)C)c1ccn(CC(=O)N(CCNC(=O)OCC2c3ccccc3-c3ccccc32)CC(=O)OCc2ccccc2)c(=O)n1. The molecule has 1 N–H and O–H groups in total. The van der Waals surface area contributed by atoms with Crippen LogP contribution in [-0.4, -0.2) is 82.1 Å². The van der Waals surface area contributed by atoms with Gasteiger partial charge in [0.1, 0.15) is 37.5 Å². The molecule has 1 heterocycles. The Morgan fingerprint density at radius 3 is 1.88 bits per heavy atom. The third-order valence-corrected chi connectivity index (χ3v) is 8.46. The fraction of sp³-hybridized carbons (Fsp3) is 0.357. The van der Waals surface area contributed by atoms with Crippen LogP contribution in [0.15, 0.2) is 95.9 Å². The zero-order chi connectivity index (χ0) is 41.3. The lowest BCUT2D eigenvalue weighted by atomic mass is 9.98. The number of anilines is 1. The van der Waals surface area contributed by atoms with Gasteiger partial charge in [-0.1, -0.05) is 78.9 Å². The van der Waals surface area contributed by atoms with Gasteiger partial charge in [0.2, 0.25) is 5.91 Å². The van der Waals surface area contributed by atoms with Gasteiger partial charge in [-0.25, -0.2) is 19.2 Å². The Hall–Kier alpha value is -6.51. The molecule has 4 aromatic rings. The van der Waals surface area contributed by atoms with Crippen LogP contribution in [0.5, 0.6) is 0 Å². The molecule has 300 valence electrons. The number of amides is 4. The molecular formula is C42H47N5O10. The monoisotopic (exact) mass is 781 g/mol. The zero-order valence-electron chi connectivity index (χ0n) is 32.9. The minimum absolute atomic E-state index is 0.0314. The topological polar surface area (TPSA) is 176 Å². The molecule has 5 rings (SSSR count). The number of fused-ring (bicyclic) bond motifs is 3. The number of hydrogen-bond donors (Lipinski definition) is 1. The average Bonchev–Trinajstić information content (AvgIpc) is 3.46. The first-order chi connectivity index (χ1) is 27.0. The van der Waals surface area contributed by atoms with Crippen molar-refractivity contribution in [1.29, 1.82) is 0 Å². The van der Waals surface area contributed by atoms with Gasteiger partial charge in [0.05, 0.1) is 0 Å². The molecule has 1 aliphatic carbocycles. The summed E-state index contributed by atoms with van der Waals surface area (Å²) in [4.78, 5) is 84.3. The van der Waals surface area contributed by atoms with Crippen LogP contribution < -0.4 is 15.9 Å². The fourth-order valence-electron chi connectivity index (χ4n) is 5.96. The molecule has 4 amide bonds. The number of nitrogens with one attached hydrogen (secondary N) is 1. The first kappa shape index (κ1) is 41.6. The number of esters is 1. The molecule has 0 unspecified atom stereocenters. The Kier molecular flexibility index (Phi) is 13.1. The molecule has 15 nitrogen and oxygen atoms in total. The van der Waals surface area contributed by atoms with Crippen LogP contribution in [0.2, 0.25) is 0 Å². The van der Waals surface area contributed by atoms with Crippen LogP contribution >= 0.6 is 0 Å². The molecule has 1 aromatic heterocycles. The standard InChI is InChI=1S/C42H47N5O10/c1-41(2,3)56-39(52)47(40(53)57-42(4,5)6)34-20-22-46(37(50)44-34)24-35(48)45(25-36(49)54-26-28-14-8-7-9-15-28)23-21-43-38(51)55-27-33-31-18-12-10-16-29(31)30-17-11-13-19-32(30)33/h7-20,22,33H,21,23-27H2,1-6H3,(H,43,51). The molecule has 3 aromatic carbocycles. The summed E-state index contributed by atoms with van der Waals surface area (Å²) in [5.41, 5.74) is 2.04. The first-order valence-electron chi connectivity index (χ1n) is 18.4. The molecule has 0 radical (unpaired) electrons. The number of carbonyl (C=O) groups is 5. The molecule has 15 heteroatoms. The van der Waals surface area contributed by atoms with Gasteiger partial charge in [-0.05, 0) is 75.4 Å². The van der Waals surface area contributed by atoms with E-state index in [0.29, 0.717) is 4.90 Å². The molecule has 0 saturated carbocycles. The second kappa shape index (κ2) is 18.0. The molecule has 0 spiro atoms. The van der Waals surface area contributed by atoms with E-state index in [1.54, 1.807) is 65.8 Å². The highest BCUT2D eigenvalue weighted by molar-refractivity contribution is 6.08. The van der Waals surface area contributed by atoms with Gasteiger partial charge in [0, 0.05) is 25.2 Å². The molecule has 0 aliphatic heterocycles. The third-order valence-electron chi connectivity index (χ3n) is 8.46. The number of carbonyl (C=O) groups excluding carboxylic acids is 5. The number of hydrogen-bond acceptors (Lipinski definition) is 11. The van der Waals surface area contributed by atoms with Gasteiger partial charge in [-0.2, -0.15) is 9.88 Å². The molecular weight excluding hydrogens is 734 g/mol. The molecule has 0 saturated heterocycles. The number of alkyl carbamates (subject to hydrolysis) is 1. The Bertz CT molecular complexity index is 2080. The number of aromatic nitrogens is 2. The van der Waals surface area contributed by atoms with E-state index in [0.717, 1.165) is 37.3 Å². The van der Waals surface area contributed by atoms with Crippen molar-refractivity contribution in [3.63, 3.8) is 0 Å². The smallest absolute Gasteiger partial charge is 0.425 e. The minimum atomic E-state index is -1.12. The molecule has 0 fully saturated rings. The van der Waals surface area contributed by atoms with E-state index in [9.17, 15) is 28.8 Å². The maximum absolute atomic E-state index is 13.7. The van der Waals surface area contributed by atoms with Gasteiger partial charge in [-0.3, -0.25) is 14.2 Å². The number of nitrogens with zero attached hydrogens (tertiary/aromatic N) is 4. The van der Waals surface area contributed by atoms with Crippen LogP contribution in [0, 0.1) is 0 Å². The van der Waals surface area contributed by atoms with E-state index in [2.05, 4.69) is 10.3 Å². The third kappa shape index (κ3) is 11.5. The lowest BCUT2D eigenvalue weighted by Crippen LogP contribution is -2.46. The van der Waals surface area contributed by atoms with Gasteiger partial charge in [0.25, 0.3) is 0 Å². The van der Waals surface area contributed by atoms with Crippen molar-refractivity contribution < 1.29 is 42.9 Å². The average molecular weight is 782 g/mol. The predicted octanol–water partition coefficient (Wildman–Crippen LogP) is 6.03. The van der Waals surface area contributed by atoms with Gasteiger partial charge in [0.15, 0.2) is 5.82 Å². The number of ether oxygens (including phenoxy) is 4.